The van der Waals surface area contributed by atoms with E-state index in [1.807, 2.05) is 62.4 Å². The van der Waals surface area contributed by atoms with Gasteiger partial charge in [0.25, 0.3) is 0 Å². The average Bonchev–Trinajstić information content (AvgIpc) is 2.50. The van der Waals surface area contributed by atoms with Crippen LogP contribution in [0.4, 0.5) is 11.4 Å². The van der Waals surface area contributed by atoms with Gasteiger partial charge in [-0.1, -0.05) is 35.4 Å². The number of aryl methyl sites for hydroxylation is 2. The number of allylic oxidation sites excluding steroid dienone is 1. The molecule has 0 heterocycles. The van der Waals surface area contributed by atoms with Crippen LogP contribution in [0.2, 0.25) is 0 Å². The quantitative estimate of drug-likeness (QED) is 0.509. The van der Waals surface area contributed by atoms with Crippen molar-refractivity contribution in [3.05, 3.63) is 81.7 Å². The van der Waals surface area contributed by atoms with Crippen molar-refractivity contribution in [3.8, 4) is 0 Å². The molecule has 5 heteroatoms. The SMILES string of the molecule is Cc1ccc(N=C/C(=C\Nc2ccc(C)cc2)[N+](=O)[O-])cc1. The first-order valence-corrected chi connectivity index (χ1v) is 6.83. The van der Waals surface area contributed by atoms with Crippen LogP contribution < -0.4 is 5.32 Å². The Balaban J connectivity index is 2.12. The maximum atomic E-state index is 11.1. The molecule has 2 rings (SSSR count). The Morgan fingerprint density at radius 1 is 1.05 bits per heavy atom. The van der Waals surface area contributed by atoms with Crippen molar-refractivity contribution in [3.63, 3.8) is 0 Å². The van der Waals surface area contributed by atoms with Gasteiger partial charge in [-0.3, -0.25) is 10.1 Å². The number of nitrogens with zero attached hydrogens (tertiary/aromatic N) is 2. The van der Waals surface area contributed by atoms with Crippen molar-refractivity contribution in [2.24, 2.45) is 4.99 Å². The molecule has 0 bridgehead atoms. The molecule has 1 N–H and O–H groups in total. The second kappa shape index (κ2) is 7.17. The molecule has 0 aliphatic carbocycles. The average molecular weight is 295 g/mol. The van der Waals surface area contributed by atoms with Crippen LogP contribution in [-0.4, -0.2) is 11.1 Å². The minimum absolute atomic E-state index is 0.110. The third-order valence-corrected chi connectivity index (χ3v) is 3.03. The number of rotatable bonds is 5. The fraction of sp³-hybridized carbons (Fsp3) is 0.118. The van der Waals surface area contributed by atoms with Crippen molar-refractivity contribution >= 4 is 17.6 Å². The molecule has 2 aromatic carbocycles. The zero-order chi connectivity index (χ0) is 15.9. The number of aliphatic imine (C=N–C) groups is 1. The zero-order valence-corrected chi connectivity index (χ0v) is 12.5. The number of hydrogen-bond donors (Lipinski definition) is 1. The lowest BCUT2D eigenvalue weighted by Crippen LogP contribution is -2.03. The molecule has 0 saturated carbocycles. The molecule has 0 fully saturated rings. The molecule has 0 aliphatic rings. The summed E-state index contributed by atoms with van der Waals surface area (Å²) in [5, 5.41) is 14.0. The van der Waals surface area contributed by atoms with Gasteiger partial charge in [-0.05, 0) is 38.1 Å². The van der Waals surface area contributed by atoms with Gasteiger partial charge in [0.1, 0.15) is 6.21 Å². The predicted octanol–water partition coefficient (Wildman–Crippen LogP) is 4.24. The molecule has 5 nitrogen and oxygen atoms in total. The normalized spacial score (nSPS) is 11.6. The molecule has 112 valence electrons. The van der Waals surface area contributed by atoms with Crippen LogP contribution in [0, 0.1) is 24.0 Å². The van der Waals surface area contributed by atoms with Crippen LogP contribution in [-0.2, 0) is 0 Å². The van der Waals surface area contributed by atoms with Gasteiger partial charge in [-0.2, -0.15) is 0 Å². The third-order valence-electron chi connectivity index (χ3n) is 3.03. The lowest BCUT2D eigenvalue weighted by molar-refractivity contribution is -0.414. The highest BCUT2D eigenvalue weighted by Crippen LogP contribution is 2.13. The van der Waals surface area contributed by atoms with Crippen molar-refractivity contribution in [1.82, 2.24) is 0 Å². The van der Waals surface area contributed by atoms with E-state index < -0.39 is 4.92 Å². The van der Waals surface area contributed by atoms with Gasteiger partial charge in [0, 0.05) is 5.69 Å². The first-order chi connectivity index (χ1) is 10.5. The number of nitro groups is 1. The van der Waals surface area contributed by atoms with Crippen LogP contribution in [0.15, 0.2) is 65.4 Å². The molecule has 0 radical (unpaired) electrons. The van der Waals surface area contributed by atoms with E-state index in [2.05, 4.69) is 10.3 Å². The summed E-state index contributed by atoms with van der Waals surface area (Å²) in [7, 11) is 0. The van der Waals surface area contributed by atoms with Crippen molar-refractivity contribution in [1.29, 1.82) is 0 Å². The van der Waals surface area contributed by atoms with E-state index in [0.717, 1.165) is 16.8 Å². The molecule has 0 unspecified atom stereocenters. The van der Waals surface area contributed by atoms with Crippen LogP contribution in [0.25, 0.3) is 0 Å². The first kappa shape index (κ1) is 15.4. The lowest BCUT2D eigenvalue weighted by Gasteiger charge is -2.00. The Labute approximate surface area is 129 Å². The Kier molecular flexibility index (Phi) is 5.03. The first-order valence-electron chi connectivity index (χ1n) is 6.83. The lowest BCUT2D eigenvalue weighted by atomic mass is 10.2. The maximum Gasteiger partial charge on any atom is 0.303 e. The predicted molar refractivity (Wildman–Crippen MR) is 89.2 cm³/mol. The van der Waals surface area contributed by atoms with Gasteiger partial charge in [-0.25, -0.2) is 4.99 Å². The number of anilines is 1. The van der Waals surface area contributed by atoms with Crippen LogP contribution in [0.3, 0.4) is 0 Å². The zero-order valence-electron chi connectivity index (χ0n) is 12.5. The Morgan fingerprint density at radius 2 is 1.59 bits per heavy atom. The number of hydrogen-bond acceptors (Lipinski definition) is 4. The summed E-state index contributed by atoms with van der Waals surface area (Å²) in [6.07, 6.45) is 2.58. The second-order valence-corrected chi connectivity index (χ2v) is 4.93. The van der Waals surface area contributed by atoms with E-state index >= 15 is 0 Å². The summed E-state index contributed by atoms with van der Waals surface area (Å²) < 4.78 is 0. The summed E-state index contributed by atoms with van der Waals surface area (Å²) in [4.78, 5) is 14.7. The fourth-order valence-electron chi connectivity index (χ4n) is 1.72. The van der Waals surface area contributed by atoms with E-state index in [4.69, 9.17) is 0 Å². The molecular weight excluding hydrogens is 278 g/mol. The Bertz CT molecular complexity index is 702. The molecule has 22 heavy (non-hydrogen) atoms. The van der Waals surface area contributed by atoms with Crippen molar-refractivity contribution in [2.75, 3.05) is 5.32 Å². The minimum atomic E-state index is -0.473. The number of benzene rings is 2. The van der Waals surface area contributed by atoms with E-state index in [1.54, 1.807) is 0 Å². The topological polar surface area (TPSA) is 67.5 Å². The Hall–Kier alpha value is -2.95. The second-order valence-electron chi connectivity index (χ2n) is 4.93. The molecule has 0 spiro atoms. The summed E-state index contributed by atoms with van der Waals surface area (Å²) >= 11 is 0. The smallest absolute Gasteiger partial charge is 0.303 e. The number of nitrogens with one attached hydrogen (secondary N) is 1. The summed E-state index contributed by atoms with van der Waals surface area (Å²) in [5.41, 5.74) is 3.60. The molecular formula is C17H17N3O2. The molecule has 0 atom stereocenters. The van der Waals surface area contributed by atoms with Gasteiger partial charge >= 0.3 is 5.70 Å². The van der Waals surface area contributed by atoms with E-state index in [1.165, 1.54) is 12.4 Å². The molecule has 2 aromatic rings. The van der Waals surface area contributed by atoms with E-state index in [0.29, 0.717) is 5.69 Å². The van der Waals surface area contributed by atoms with Crippen LogP contribution >= 0.6 is 0 Å². The molecule has 0 aliphatic heterocycles. The highest BCUT2D eigenvalue weighted by molar-refractivity contribution is 5.78. The van der Waals surface area contributed by atoms with E-state index in [-0.39, 0.29) is 5.70 Å². The van der Waals surface area contributed by atoms with Gasteiger partial charge in [0.15, 0.2) is 0 Å². The summed E-state index contributed by atoms with van der Waals surface area (Å²) in [6, 6.07) is 15.0. The largest absolute Gasteiger partial charge is 0.356 e. The molecule has 0 amide bonds. The van der Waals surface area contributed by atoms with Crippen molar-refractivity contribution in [2.45, 2.75) is 13.8 Å². The minimum Gasteiger partial charge on any atom is -0.356 e. The Morgan fingerprint density at radius 3 is 2.14 bits per heavy atom. The maximum absolute atomic E-state index is 11.1. The fourth-order valence-corrected chi connectivity index (χ4v) is 1.72. The van der Waals surface area contributed by atoms with Gasteiger partial charge < -0.3 is 5.32 Å². The third kappa shape index (κ3) is 4.56. The van der Waals surface area contributed by atoms with Gasteiger partial charge in [-0.15, -0.1) is 0 Å². The van der Waals surface area contributed by atoms with Crippen LogP contribution in [0.1, 0.15) is 11.1 Å². The van der Waals surface area contributed by atoms with Crippen molar-refractivity contribution < 1.29 is 4.92 Å². The molecule has 0 saturated heterocycles. The van der Waals surface area contributed by atoms with Gasteiger partial charge in [0.05, 0.1) is 16.8 Å². The highest BCUT2D eigenvalue weighted by atomic mass is 16.6. The highest BCUT2D eigenvalue weighted by Gasteiger charge is 2.06. The van der Waals surface area contributed by atoms with Gasteiger partial charge in [0.2, 0.25) is 0 Å². The summed E-state index contributed by atoms with van der Waals surface area (Å²) in [6.45, 7) is 3.96. The van der Waals surface area contributed by atoms with Crippen LogP contribution in [0.5, 0.6) is 0 Å². The van der Waals surface area contributed by atoms with E-state index in [9.17, 15) is 10.1 Å². The summed E-state index contributed by atoms with van der Waals surface area (Å²) in [5.74, 6) is 0. The monoisotopic (exact) mass is 295 g/mol. The molecule has 0 aromatic heterocycles. The standard InChI is InChI=1S/C17H17N3O2/c1-13-3-7-15(8-4-13)18-11-17(20(21)22)12-19-16-9-5-14(2)6-10-16/h3-12,18H,1-2H3/b17-11+,19-12?.